The summed E-state index contributed by atoms with van der Waals surface area (Å²) in [7, 11) is 0. The molecule has 1 aliphatic heterocycles. The normalized spacial score (nSPS) is 16.7. The molecule has 2 amide bonds. The highest BCUT2D eigenvalue weighted by Crippen LogP contribution is 2.30. The number of benzene rings is 2. The number of carbonyl (C=O) groups excluding carboxylic acids is 2. The van der Waals surface area contributed by atoms with E-state index in [9.17, 15) is 9.59 Å². The zero-order valence-electron chi connectivity index (χ0n) is 15.4. The quantitative estimate of drug-likeness (QED) is 0.773. The van der Waals surface area contributed by atoms with Gasteiger partial charge in [-0.25, -0.2) is 0 Å². The Labute approximate surface area is 158 Å². The number of aryl methyl sites for hydroxylation is 1. The molecule has 1 unspecified atom stereocenters. The van der Waals surface area contributed by atoms with Crippen LogP contribution in [0.5, 0.6) is 0 Å². The molecular weight excluding hydrogens is 338 g/mol. The van der Waals surface area contributed by atoms with E-state index in [2.05, 4.69) is 10.3 Å². The molecule has 1 atom stereocenters. The van der Waals surface area contributed by atoms with Crippen molar-refractivity contribution >= 4 is 34.1 Å². The second-order valence-electron chi connectivity index (χ2n) is 6.99. The fourth-order valence-corrected chi connectivity index (χ4v) is 3.59. The lowest BCUT2D eigenvalue weighted by Gasteiger charge is -2.20. The lowest BCUT2D eigenvalue weighted by molar-refractivity contribution is -0.122. The topological polar surface area (TPSA) is 62.3 Å². The van der Waals surface area contributed by atoms with Crippen molar-refractivity contribution in [2.24, 2.45) is 5.92 Å². The third kappa shape index (κ3) is 3.16. The van der Waals surface area contributed by atoms with E-state index in [0.717, 1.165) is 33.4 Å². The van der Waals surface area contributed by atoms with Crippen molar-refractivity contribution in [1.82, 2.24) is 4.98 Å². The second-order valence-corrected chi connectivity index (χ2v) is 6.99. The fourth-order valence-electron chi connectivity index (χ4n) is 3.59. The number of amides is 2. The molecule has 1 aliphatic rings. The van der Waals surface area contributed by atoms with Gasteiger partial charge in [-0.2, -0.15) is 0 Å². The monoisotopic (exact) mass is 359 g/mol. The zero-order valence-corrected chi connectivity index (χ0v) is 15.4. The van der Waals surface area contributed by atoms with E-state index in [-0.39, 0.29) is 24.2 Å². The van der Waals surface area contributed by atoms with Crippen LogP contribution >= 0.6 is 0 Å². The minimum Gasteiger partial charge on any atom is -0.325 e. The zero-order chi connectivity index (χ0) is 19.0. The first-order valence-corrected chi connectivity index (χ1v) is 9.06. The maximum Gasteiger partial charge on any atom is 0.229 e. The maximum absolute atomic E-state index is 12.8. The average molecular weight is 359 g/mol. The fraction of sp³-hybridized carbons (Fsp3) is 0.227. The maximum atomic E-state index is 12.8. The van der Waals surface area contributed by atoms with Gasteiger partial charge in [-0.3, -0.25) is 14.6 Å². The number of hydrogen-bond acceptors (Lipinski definition) is 3. The van der Waals surface area contributed by atoms with Crippen LogP contribution < -0.4 is 10.2 Å². The molecule has 0 radical (unpaired) electrons. The van der Waals surface area contributed by atoms with Crippen LogP contribution in [0.25, 0.3) is 10.9 Å². The smallest absolute Gasteiger partial charge is 0.229 e. The van der Waals surface area contributed by atoms with E-state index < -0.39 is 0 Å². The van der Waals surface area contributed by atoms with Crippen LogP contribution in [-0.2, 0) is 9.59 Å². The first kappa shape index (κ1) is 17.2. The molecule has 1 aromatic heterocycles. The number of carbonyl (C=O) groups is 2. The first-order chi connectivity index (χ1) is 13.0. The number of nitrogens with zero attached hydrogens (tertiary/aromatic N) is 2. The molecule has 1 N–H and O–H groups in total. The summed E-state index contributed by atoms with van der Waals surface area (Å²) in [5.41, 5.74) is 4.66. The van der Waals surface area contributed by atoms with Crippen molar-refractivity contribution in [3.05, 3.63) is 65.9 Å². The molecule has 0 aliphatic carbocycles. The molecule has 0 spiro atoms. The lowest BCUT2D eigenvalue weighted by atomic mass is 10.1. The van der Waals surface area contributed by atoms with Gasteiger partial charge in [0.25, 0.3) is 0 Å². The summed E-state index contributed by atoms with van der Waals surface area (Å²) >= 11 is 0. The number of hydrogen-bond donors (Lipinski definition) is 1. The molecule has 0 saturated carbocycles. The van der Waals surface area contributed by atoms with Crippen LogP contribution in [0.1, 0.15) is 17.5 Å². The summed E-state index contributed by atoms with van der Waals surface area (Å²) in [5.74, 6) is -0.514. The molecule has 5 nitrogen and oxygen atoms in total. The molecule has 1 saturated heterocycles. The number of fused-ring (bicyclic) bond motifs is 1. The van der Waals surface area contributed by atoms with Crippen LogP contribution in [-0.4, -0.2) is 23.3 Å². The summed E-state index contributed by atoms with van der Waals surface area (Å²) in [6.07, 6.45) is 1.95. The van der Waals surface area contributed by atoms with Gasteiger partial charge in [0.2, 0.25) is 11.8 Å². The van der Waals surface area contributed by atoms with Crippen LogP contribution in [0.2, 0.25) is 0 Å². The van der Waals surface area contributed by atoms with Crippen molar-refractivity contribution < 1.29 is 9.59 Å². The summed E-state index contributed by atoms with van der Waals surface area (Å²) in [4.78, 5) is 31.4. The summed E-state index contributed by atoms with van der Waals surface area (Å²) < 4.78 is 0. The minimum absolute atomic E-state index is 0.0107. The molecule has 27 heavy (non-hydrogen) atoms. The van der Waals surface area contributed by atoms with Gasteiger partial charge in [0.1, 0.15) is 0 Å². The van der Waals surface area contributed by atoms with Gasteiger partial charge in [-0.1, -0.05) is 18.2 Å². The minimum atomic E-state index is -0.371. The van der Waals surface area contributed by atoms with Gasteiger partial charge in [0, 0.05) is 30.2 Å². The van der Waals surface area contributed by atoms with E-state index in [1.54, 1.807) is 11.1 Å². The third-order valence-corrected chi connectivity index (χ3v) is 5.27. The van der Waals surface area contributed by atoms with Crippen molar-refractivity contribution in [2.75, 3.05) is 16.8 Å². The largest absolute Gasteiger partial charge is 0.325 e. The molecule has 3 aromatic rings. The standard InChI is InChI=1S/C22H21N3O2/c1-14-6-3-10-20(15(14)2)25-13-16(12-21(25)26)22(27)24-19-9-4-8-18-17(19)7-5-11-23-18/h3-11,16H,12-13H2,1-2H3,(H,24,27). The van der Waals surface area contributed by atoms with E-state index in [1.807, 2.05) is 62.4 Å². The predicted molar refractivity (Wildman–Crippen MR) is 107 cm³/mol. The third-order valence-electron chi connectivity index (χ3n) is 5.27. The Morgan fingerprint density at radius 2 is 1.93 bits per heavy atom. The molecular formula is C22H21N3O2. The Morgan fingerprint density at radius 3 is 2.78 bits per heavy atom. The molecule has 0 bridgehead atoms. The molecule has 5 heteroatoms. The van der Waals surface area contributed by atoms with Crippen molar-refractivity contribution in [3.8, 4) is 0 Å². The molecule has 136 valence electrons. The molecule has 1 fully saturated rings. The Morgan fingerprint density at radius 1 is 1.11 bits per heavy atom. The van der Waals surface area contributed by atoms with Crippen molar-refractivity contribution in [2.45, 2.75) is 20.3 Å². The summed E-state index contributed by atoms with van der Waals surface area (Å²) in [5, 5.41) is 3.88. The Balaban J connectivity index is 1.55. The lowest BCUT2D eigenvalue weighted by Crippen LogP contribution is -2.28. The van der Waals surface area contributed by atoms with Crippen LogP contribution in [0.3, 0.4) is 0 Å². The molecule has 2 heterocycles. The van der Waals surface area contributed by atoms with Gasteiger partial charge in [0.15, 0.2) is 0 Å². The predicted octanol–water partition coefficient (Wildman–Crippen LogP) is 3.84. The average Bonchev–Trinajstić information content (AvgIpc) is 3.06. The van der Waals surface area contributed by atoms with Gasteiger partial charge >= 0.3 is 0 Å². The molecule has 2 aromatic carbocycles. The van der Waals surface area contributed by atoms with Crippen LogP contribution in [0.4, 0.5) is 11.4 Å². The van der Waals surface area contributed by atoms with Gasteiger partial charge in [-0.15, -0.1) is 0 Å². The van der Waals surface area contributed by atoms with E-state index in [0.29, 0.717) is 6.54 Å². The Kier molecular flexibility index (Phi) is 4.36. The van der Waals surface area contributed by atoms with E-state index in [1.165, 1.54) is 0 Å². The number of aromatic nitrogens is 1. The summed E-state index contributed by atoms with van der Waals surface area (Å²) in [6, 6.07) is 15.3. The van der Waals surface area contributed by atoms with Crippen molar-refractivity contribution in [1.29, 1.82) is 0 Å². The van der Waals surface area contributed by atoms with Crippen LogP contribution in [0, 0.1) is 19.8 Å². The van der Waals surface area contributed by atoms with E-state index in [4.69, 9.17) is 0 Å². The Hall–Kier alpha value is -3.21. The number of rotatable bonds is 3. The highest BCUT2D eigenvalue weighted by atomic mass is 16.2. The van der Waals surface area contributed by atoms with Gasteiger partial charge < -0.3 is 10.2 Å². The highest BCUT2D eigenvalue weighted by Gasteiger charge is 2.35. The highest BCUT2D eigenvalue weighted by molar-refractivity contribution is 6.06. The molecule has 4 rings (SSSR count). The van der Waals surface area contributed by atoms with Gasteiger partial charge in [-0.05, 0) is 55.3 Å². The number of pyridine rings is 1. The summed E-state index contributed by atoms with van der Waals surface area (Å²) in [6.45, 7) is 4.44. The van der Waals surface area contributed by atoms with Gasteiger partial charge in [0.05, 0.1) is 17.1 Å². The number of nitrogens with one attached hydrogen (secondary N) is 1. The Bertz CT molecular complexity index is 1040. The van der Waals surface area contributed by atoms with E-state index >= 15 is 0 Å². The van der Waals surface area contributed by atoms with Crippen molar-refractivity contribution in [3.63, 3.8) is 0 Å². The second kappa shape index (κ2) is 6.83. The van der Waals surface area contributed by atoms with Crippen LogP contribution in [0.15, 0.2) is 54.7 Å². The SMILES string of the molecule is Cc1cccc(N2CC(C(=O)Nc3cccc4ncccc34)CC2=O)c1C. The number of anilines is 2. The first-order valence-electron chi connectivity index (χ1n) is 9.06.